The molecule has 0 bridgehead atoms. The highest BCUT2D eigenvalue weighted by Crippen LogP contribution is 2.44. The zero-order valence-corrected chi connectivity index (χ0v) is 33.2. The fraction of sp³-hybridized carbons (Fsp3) is 0. The van der Waals surface area contributed by atoms with Crippen LogP contribution in [0, 0.1) is 0 Å². The van der Waals surface area contributed by atoms with Gasteiger partial charge in [-0.1, -0.05) is 146 Å². The van der Waals surface area contributed by atoms with Crippen molar-refractivity contribution in [3.63, 3.8) is 0 Å². The SMILES string of the molecule is c1ccc(-n2c3ccccc3c3cc(-c4ccc(N(c5ccc(-c6cccc(-c7ccc8ccccc8c7)c6)cc5)c5cccc6oc7ccccc7c56)cc4)ccc32)cc1. The molecule has 0 saturated carbocycles. The molecule has 0 saturated heterocycles. The van der Waals surface area contributed by atoms with Gasteiger partial charge in [0.25, 0.3) is 0 Å². The molecule has 3 heteroatoms. The Labute approximate surface area is 353 Å². The number of nitrogens with zero attached hydrogens (tertiary/aromatic N) is 2. The van der Waals surface area contributed by atoms with Crippen LogP contribution in [0.3, 0.4) is 0 Å². The van der Waals surface area contributed by atoms with Crippen molar-refractivity contribution in [2.75, 3.05) is 4.90 Å². The van der Waals surface area contributed by atoms with Gasteiger partial charge in [-0.25, -0.2) is 0 Å². The third-order valence-corrected chi connectivity index (χ3v) is 12.2. The van der Waals surface area contributed by atoms with Gasteiger partial charge in [0.1, 0.15) is 11.2 Å². The Hall–Kier alpha value is -8.14. The molecule has 0 radical (unpaired) electrons. The Morgan fingerprint density at radius 1 is 0.328 bits per heavy atom. The lowest BCUT2D eigenvalue weighted by atomic mass is 9.97. The van der Waals surface area contributed by atoms with Crippen LogP contribution in [0.1, 0.15) is 0 Å². The predicted molar refractivity (Wildman–Crippen MR) is 257 cm³/mol. The van der Waals surface area contributed by atoms with Crippen LogP contribution < -0.4 is 4.90 Å². The summed E-state index contributed by atoms with van der Waals surface area (Å²) in [4.78, 5) is 2.36. The number of para-hydroxylation sites is 3. The molecule has 0 aliphatic heterocycles. The summed E-state index contributed by atoms with van der Waals surface area (Å²) in [5, 5.41) is 7.17. The second kappa shape index (κ2) is 14.3. The van der Waals surface area contributed by atoms with Gasteiger partial charge < -0.3 is 13.9 Å². The monoisotopic (exact) mass is 778 g/mol. The second-order valence-electron chi connectivity index (χ2n) is 15.7. The van der Waals surface area contributed by atoms with Crippen LogP contribution in [0.4, 0.5) is 17.1 Å². The normalized spacial score (nSPS) is 11.6. The first-order valence-electron chi connectivity index (χ1n) is 20.8. The highest BCUT2D eigenvalue weighted by atomic mass is 16.3. The summed E-state index contributed by atoms with van der Waals surface area (Å²) in [6.45, 7) is 0. The third kappa shape index (κ3) is 5.98. The van der Waals surface area contributed by atoms with E-state index < -0.39 is 0 Å². The number of hydrogen-bond acceptors (Lipinski definition) is 2. The Morgan fingerprint density at radius 2 is 0.885 bits per heavy atom. The van der Waals surface area contributed by atoms with E-state index >= 15 is 0 Å². The number of rotatable bonds is 7. The molecule has 0 unspecified atom stereocenters. The topological polar surface area (TPSA) is 21.3 Å². The minimum atomic E-state index is 0.866. The van der Waals surface area contributed by atoms with Gasteiger partial charge in [0.05, 0.1) is 22.1 Å². The van der Waals surface area contributed by atoms with E-state index in [4.69, 9.17) is 4.42 Å². The highest BCUT2D eigenvalue weighted by molar-refractivity contribution is 6.14. The van der Waals surface area contributed by atoms with Crippen LogP contribution in [0.5, 0.6) is 0 Å². The Kier molecular flexibility index (Phi) is 8.17. The van der Waals surface area contributed by atoms with Crippen LogP contribution in [0.25, 0.3) is 93.6 Å². The van der Waals surface area contributed by atoms with Gasteiger partial charge in [-0.3, -0.25) is 0 Å². The summed E-state index contributed by atoms with van der Waals surface area (Å²) in [6, 6.07) is 82.9. The fourth-order valence-electron chi connectivity index (χ4n) is 9.23. The van der Waals surface area contributed by atoms with E-state index in [-0.39, 0.29) is 0 Å². The van der Waals surface area contributed by atoms with Crippen molar-refractivity contribution in [2.24, 2.45) is 0 Å². The van der Waals surface area contributed by atoms with E-state index in [1.54, 1.807) is 0 Å². The predicted octanol–water partition coefficient (Wildman–Crippen LogP) is 16.3. The van der Waals surface area contributed by atoms with Gasteiger partial charge in [-0.05, 0) is 129 Å². The van der Waals surface area contributed by atoms with Crippen molar-refractivity contribution in [1.82, 2.24) is 4.57 Å². The molecule has 0 spiro atoms. The van der Waals surface area contributed by atoms with E-state index in [2.05, 4.69) is 228 Å². The number of hydrogen-bond donors (Lipinski definition) is 0. The number of furan rings is 1. The molecule has 12 aromatic rings. The zero-order valence-electron chi connectivity index (χ0n) is 33.2. The molecule has 0 fully saturated rings. The van der Waals surface area contributed by atoms with E-state index in [0.29, 0.717) is 0 Å². The van der Waals surface area contributed by atoms with Crippen molar-refractivity contribution in [1.29, 1.82) is 0 Å². The van der Waals surface area contributed by atoms with Gasteiger partial charge >= 0.3 is 0 Å². The smallest absolute Gasteiger partial charge is 0.137 e. The molecular weight excluding hydrogens is 741 g/mol. The minimum Gasteiger partial charge on any atom is -0.456 e. The standard InChI is InChI=1S/C58H38N2O/c1-2-16-47(17-3-1)60-53-20-8-6-18-50(53)52-38-46(30-35-54(52)60)41-28-33-49(34-29-41)59(55-21-11-23-57-58(55)51-19-7-9-22-56(51)61-57)48-31-26-40(27-32-48)43-14-10-15-44(36-43)45-25-24-39-12-4-5-13-42(39)37-45/h1-38H. The molecule has 0 aliphatic carbocycles. The number of anilines is 3. The maximum absolute atomic E-state index is 6.41. The lowest BCUT2D eigenvalue weighted by Crippen LogP contribution is -2.10. The Balaban J connectivity index is 0.946. The fourth-order valence-corrected chi connectivity index (χ4v) is 9.23. The van der Waals surface area contributed by atoms with Crippen molar-refractivity contribution < 1.29 is 4.42 Å². The maximum atomic E-state index is 6.41. The van der Waals surface area contributed by atoms with Gasteiger partial charge in [0.15, 0.2) is 0 Å². The summed E-state index contributed by atoms with van der Waals surface area (Å²) in [5.74, 6) is 0. The first kappa shape index (κ1) is 34.9. The number of aromatic nitrogens is 1. The average Bonchev–Trinajstić information content (AvgIpc) is 3.88. The molecule has 2 heterocycles. The summed E-state index contributed by atoms with van der Waals surface area (Å²) < 4.78 is 8.77. The summed E-state index contributed by atoms with van der Waals surface area (Å²) in [5.41, 5.74) is 15.6. The summed E-state index contributed by atoms with van der Waals surface area (Å²) in [6.07, 6.45) is 0. The molecular formula is C58H38N2O. The number of benzene rings is 10. The van der Waals surface area contributed by atoms with E-state index in [1.807, 2.05) is 12.1 Å². The van der Waals surface area contributed by atoms with Crippen LogP contribution in [-0.4, -0.2) is 4.57 Å². The largest absolute Gasteiger partial charge is 0.456 e. The van der Waals surface area contributed by atoms with E-state index in [0.717, 1.165) is 55.8 Å². The second-order valence-corrected chi connectivity index (χ2v) is 15.7. The van der Waals surface area contributed by atoms with Crippen molar-refractivity contribution in [3.8, 4) is 39.1 Å². The Morgan fingerprint density at radius 3 is 1.67 bits per heavy atom. The van der Waals surface area contributed by atoms with Gasteiger partial charge in [-0.15, -0.1) is 0 Å². The Bertz CT molecular complexity index is 3580. The molecule has 12 rings (SSSR count). The summed E-state index contributed by atoms with van der Waals surface area (Å²) in [7, 11) is 0. The lowest BCUT2D eigenvalue weighted by Gasteiger charge is -2.26. The van der Waals surface area contributed by atoms with Gasteiger partial charge in [0.2, 0.25) is 0 Å². The lowest BCUT2D eigenvalue weighted by molar-refractivity contribution is 0.669. The molecule has 0 N–H and O–H groups in total. The van der Waals surface area contributed by atoms with Crippen molar-refractivity contribution >= 4 is 71.6 Å². The van der Waals surface area contributed by atoms with Gasteiger partial charge in [-0.2, -0.15) is 0 Å². The highest BCUT2D eigenvalue weighted by Gasteiger charge is 2.20. The van der Waals surface area contributed by atoms with Gasteiger partial charge in [0, 0.05) is 33.2 Å². The molecule has 61 heavy (non-hydrogen) atoms. The van der Waals surface area contributed by atoms with Crippen LogP contribution in [0.15, 0.2) is 235 Å². The van der Waals surface area contributed by atoms with E-state index in [1.165, 1.54) is 54.8 Å². The third-order valence-electron chi connectivity index (χ3n) is 12.2. The molecule has 3 nitrogen and oxygen atoms in total. The minimum absolute atomic E-state index is 0.866. The molecule has 286 valence electrons. The van der Waals surface area contributed by atoms with Crippen LogP contribution in [0.2, 0.25) is 0 Å². The van der Waals surface area contributed by atoms with E-state index in [9.17, 15) is 0 Å². The first-order chi connectivity index (χ1) is 30.2. The zero-order chi connectivity index (χ0) is 40.3. The maximum Gasteiger partial charge on any atom is 0.137 e. The average molecular weight is 779 g/mol. The number of fused-ring (bicyclic) bond motifs is 7. The quantitative estimate of drug-likeness (QED) is 0.161. The molecule has 10 aromatic carbocycles. The first-order valence-corrected chi connectivity index (χ1v) is 20.8. The van der Waals surface area contributed by atoms with Crippen molar-refractivity contribution in [3.05, 3.63) is 231 Å². The molecule has 0 atom stereocenters. The van der Waals surface area contributed by atoms with Crippen molar-refractivity contribution in [2.45, 2.75) is 0 Å². The van der Waals surface area contributed by atoms with Crippen LogP contribution >= 0.6 is 0 Å². The molecule has 2 aromatic heterocycles. The molecule has 0 aliphatic rings. The summed E-state index contributed by atoms with van der Waals surface area (Å²) >= 11 is 0. The molecule has 0 amide bonds. The van der Waals surface area contributed by atoms with Crippen LogP contribution in [-0.2, 0) is 0 Å².